The molecule has 0 aromatic heterocycles. The minimum atomic E-state index is -0.0890. The fourth-order valence-corrected chi connectivity index (χ4v) is 2.24. The molecule has 17 heavy (non-hydrogen) atoms. The first-order chi connectivity index (χ1) is 8.27. The first-order valence-electron chi connectivity index (χ1n) is 6.31. The molecule has 1 aromatic carbocycles. The van der Waals surface area contributed by atoms with E-state index in [9.17, 15) is 4.39 Å². The Kier molecular flexibility index (Phi) is 4.51. The number of aryl methyl sites for hydroxylation is 1. The van der Waals surface area contributed by atoms with Gasteiger partial charge in [0.15, 0.2) is 0 Å². The van der Waals surface area contributed by atoms with Gasteiger partial charge in [0.1, 0.15) is 5.82 Å². The average Bonchev–Trinajstić information content (AvgIpc) is 2.36. The fraction of sp³-hybridized carbons (Fsp3) is 0.571. The van der Waals surface area contributed by atoms with Gasteiger partial charge >= 0.3 is 0 Å². The number of morpholine rings is 1. The van der Waals surface area contributed by atoms with Gasteiger partial charge in [0.2, 0.25) is 0 Å². The molecule has 1 aliphatic heterocycles. The maximum atomic E-state index is 13.3. The summed E-state index contributed by atoms with van der Waals surface area (Å²) < 4.78 is 18.6. The zero-order chi connectivity index (χ0) is 12.1. The Labute approximate surface area is 102 Å². The van der Waals surface area contributed by atoms with Crippen LogP contribution in [0, 0.1) is 12.7 Å². The van der Waals surface area contributed by atoms with Crippen LogP contribution >= 0.6 is 0 Å². The Bertz CT molecular complexity index is 361. The maximum absolute atomic E-state index is 13.3. The van der Waals surface area contributed by atoms with Crippen LogP contribution in [0.5, 0.6) is 0 Å². The van der Waals surface area contributed by atoms with E-state index in [4.69, 9.17) is 4.74 Å². The molecule has 2 nitrogen and oxygen atoms in total. The van der Waals surface area contributed by atoms with Crippen LogP contribution in [-0.2, 0) is 11.2 Å². The minimum Gasteiger partial charge on any atom is -0.379 e. The first-order valence-corrected chi connectivity index (χ1v) is 6.31. The Hall–Kier alpha value is -0.930. The number of hydrogen-bond acceptors (Lipinski definition) is 2. The Balaban J connectivity index is 1.79. The number of ether oxygens (including phenoxy) is 1. The van der Waals surface area contributed by atoms with Gasteiger partial charge in [-0.25, -0.2) is 4.39 Å². The molecule has 0 spiro atoms. The molecule has 1 aliphatic rings. The zero-order valence-electron chi connectivity index (χ0n) is 10.4. The van der Waals surface area contributed by atoms with Crippen molar-refractivity contribution < 1.29 is 9.13 Å². The van der Waals surface area contributed by atoms with Crippen molar-refractivity contribution in [3.8, 4) is 0 Å². The molecule has 3 heteroatoms. The van der Waals surface area contributed by atoms with E-state index in [2.05, 4.69) is 4.90 Å². The number of nitrogens with zero attached hydrogens (tertiary/aromatic N) is 1. The van der Waals surface area contributed by atoms with E-state index < -0.39 is 0 Å². The van der Waals surface area contributed by atoms with Crippen LogP contribution in [0.2, 0.25) is 0 Å². The molecule has 2 rings (SSSR count). The summed E-state index contributed by atoms with van der Waals surface area (Å²) >= 11 is 0. The predicted octanol–water partition coefficient (Wildman–Crippen LogP) is 2.40. The summed E-state index contributed by atoms with van der Waals surface area (Å²) in [5.41, 5.74) is 1.94. The van der Waals surface area contributed by atoms with Crippen LogP contribution in [-0.4, -0.2) is 37.7 Å². The highest BCUT2D eigenvalue weighted by Crippen LogP contribution is 2.14. The summed E-state index contributed by atoms with van der Waals surface area (Å²) in [5.74, 6) is -0.0890. The van der Waals surface area contributed by atoms with Crippen molar-refractivity contribution in [2.75, 3.05) is 32.8 Å². The van der Waals surface area contributed by atoms with Crippen LogP contribution < -0.4 is 0 Å². The minimum absolute atomic E-state index is 0.0890. The number of halogens is 1. The third-order valence-electron chi connectivity index (χ3n) is 3.40. The van der Waals surface area contributed by atoms with Gasteiger partial charge in [-0.1, -0.05) is 12.1 Å². The van der Waals surface area contributed by atoms with Gasteiger partial charge in [-0.2, -0.15) is 0 Å². The van der Waals surface area contributed by atoms with E-state index in [0.29, 0.717) is 0 Å². The lowest BCUT2D eigenvalue weighted by atomic mass is 10.0. The molecule has 1 aromatic rings. The summed E-state index contributed by atoms with van der Waals surface area (Å²) in [6.45, 7) is 6.70. The van der Waals surface area contributed by atoms with E-state index in [1.807, 2.05) is 13.0 Å². The lowest BCUT2D eigenvalue weighted by molar-refractivity contribution is 0.0374. The highest BCUT2D eigenvalue weighted by atomic mass is 19.1. The van der Waals surface area contributed by atoms with Crippen molar-refractivity contribution >= 4 is 0 Å². The van der Waals surface area contributed by atoms with Gasteiger partial charge in [-0.3, -0.25) is 4.90 Å². The lowest BCUT2D eigenvalue weighted by Gasteiger charge is -2.26. The van der Waals surface area contributed by atoms with Gasteiger partial charge in [0.05, 0.1) is 13.2 Å². The average molecular weight is 237 g/mol. The van der Waals surface area contributed by atoms with Crippen molar-refractivity contribution in [3.63, 3.8) is 0 Å². The second kappa shape index (κ2) is 6.12. The van der Waals surface area contributed by atoms with E-state index in [-0.39, 0.29) is 5.82 Å². The molecule has 0 saturated carbocycles. The molecule has 1 saturated heterocycles. The van der Waals surface area contributed by atoms with Gasteiger partial charge in [-0.15, -0.1) is 0 Å². The highest BCUT2D eigenvalue weighted by molar-refractivity contribution is 5.27. The molecular weight excluding hydrogens is 217 g/mol. The molecule has 0 aliphatic carbocycles. The SMILES string of the molecule is Cc1c(F)cccc1CCCN1CCOCC1. The van der Waals surface area contributed by atoms with E-state index in [1.54, 1.807) is 6.07 Å². The number of benzene rings is 1. The van der Waals surface area contributed by atoms with E-state index in [1.165, 1.54) is 6.07 Å². The molecule has 0 bridgehead atoms. The Morgan fingerprint density at radius 3 is 2.82 bits per heavy atom. The van der Waals surface area contributed by atoms with Gasteiger partial charge in [-0.05, 0) is 43.5 Å². The third-order valence-corrected chi connectivity index (χ3v) is 3.40. The van der Waals surface area contributed by atoms with Crippen molar-refractivity contribution in [1.82, 2.24) is 4.90 Å². The molecule has 1 fully saturated rings. The molecule has 0 N–H and O–H groups in total. The first kappa shape index (κ1) is 12.5. The number of hydrogen-bond donors (Lipinski definition) is 0. The maximum Gasteiger partial charge on any atom is 0.126 e. The normalized spacial score (nSPS) is 17.3. The molecule has 0 atom stereocenters. The smallest absolute Gasteiger partial charge is 0.126 e. The fourth-order valence-electron chi connectivity index (χ4n) is 2.24. The van der Waals surface area contributed by atoms with Crippen molar-refractivity contribution in [3.05, 3.63) is 35.1 Å². The highest BCUT2D eigenvalue weighted by Gasteiger charge is 2.10. The summed E-state index contributed by atoms with van der Waals surface area (Å²) in [4.78, 5) is 2.41. The summed E-state index contributed by atoms with van der Waals surface area (Å²) in [7, 11) is 0. The molecular formula is C14H20FNO. The number of rotatable bonds is 4. The molecule has 0 amide bonds. The predicted molar refractivity (Wildman–Crippen MR) is 66.7 cm³/mol. The van der Waals surface area contributed by atoms with Crippen LogP contribution in [0.15, 0.2) is 18.2 Å². The van der Waals surface area contributed by atoms with E-state index in [0.717, 1.165) is 56.8 Å². The summed E-state index contributed by atoms with van der Waals surface area (Å²) in [5, 5.41) is 0. The molecule has 0 radical (unpaired) electrons. The van der Waals surface area contributed by atoms with Crippen molar-refractivity contribution in [2.24, 2.45) is 0 Å². The van der Waals surface area contributed by atoms with Crippen molar-refractivity contribution in [2.45, 2.75) is 19.8 Å². The molecule has 94 valence electrons. The van der Waals surface area contributed by atoms with Gasteiger partial charge < -0.3 is 4.74 Å². The molecule has 1 heterocycles. The second-order valence-electron chi connectivity index (χ2n) is 4.58. The molecule has 0 unspecified atom stereocenters. The lowest BCUT2D eigenvalue weighted by Crippen LogP contribution is -2.36. The largest absolute Gasteiger partial charge is 0.379 e. The van der Waals surface area contributed by atoms with Crippen LogP contribution in [0.25, 0.3) is 0 Å². The summed E-state index contributed by atoms with van der Waals surface area (Å²) in [6.07, 6.45) is 2.05. The topological polar surface area (TPSA) is 12.5 Å². The Morgan fingerprint density at radius 2 is 2.06 bits per heavy atom. The van der Waals surface area contributed by atoms with Crippen LogP contribution in [0.1, 0.15) is 17.5 Å². The van der Waals surface area contributed by atoms with Crippen LogP contribution in [0.4, 0.5) is 4.39 Å². The van der Waals surface area contributed by atoms with Crippen molar-refractivity contribution in [1.29, 1.82) is 0 Å². The zero-order valence-corrected chi connectivity index (χ0v) is 10.4. The van der Waals surface area contributed by atoms with E-state index >= 15 is 0 Å². The third kappa shape index (κ3) is 3.51. The monoisotopic (exact) mass is 237 g/mol. The standard InChI is InChI=1S/C14H20FNO/c1-12-13(4-2-6-14(12)15)5-3-7-16-8-10-17-11-9-16/h2,4,6H,3,5,7-11H2,1H3. The summed E-state index contributed by atoms with van der Waals surface area (Å²) in [6, 6.07) is 5.35. The van der Waals surface area contributed by atoms with Crippen LogP contribution in [0.3, 0.4) is 0 Å². The second-order valence-corrected chi connectivity index (χ2v) is 4.58. The Morgan fingerprint density at radius 1 is 1.29 bits per heavy atom. The van der Waals surface area contributed by atoms with Gasteiger partial charge in [0.25, 0.3) is 0 Å². The van der Waals surface area contributed by atoms with Gasteiger partial charge in [0, 0.05) is 13.1 Å². The quantitative estimate of drug-likeness (QED) is 0.797.